The van der Waals surface area contributed by atoms with Crippen molar-refractivity contribution in [1.82, 2.24) is 14.8 Å². The first-order valence-electron chi connectivity index (χ1n) is 8.32. The van der Waals surface area contributed by atoms with Gasteiger partial charge in [0.15, 0.2) is 0 Å². The number of benzene rings is 1. The maximum atomic E-state index is 9.04. The number of pyridine rings is 1. The Bertz CT molecular complexity index is 940. The number of nitriles is 1. The first-order chi connectivity index (χ1) is 12.2. The summed E-state index contributed by atoms with van der Waals surface area (Å²) in [7, 11) is 0. The Morgan fingerprint density at radius 1 is 1.28 bits per heavy atom. The summed E-state index contributed by atoms with van der Waals surface area (Å²) in [5.74, 6) is 0. The number of fused-ring (bicyclic) bond motifs is 1. The molecule has 4 rings (SSSR count). The molecule has 0 unspecified atom stereocenters. The number of hydrogen-bond acceptors (Lipinski definition) is 4. The molecule has 0 amide bonds. The molecule has 1 atom stereocenters. The minimum Gasteiger partial charge on any atom is -0.370 e. The Morgan fingerprint density at radius 3 is 2.96 bits per heavy atom. The van der Waals surface area contributed by atoms with Crippen molar-refractivity contribution in [2.24, 2.45) is 0 Å². The summed E-state index contributed by atoms with van der Waals surface area (Å²) < 4.78 is 8.04. The molecular formula is C20H18N4O. The van der Waals surface area contributed by atoms with E-state index in [1.54, 1.807) is 6.20 Å². The van der Waals surface area contributed by atoms with Crippen LogP contribution in [0.3, 0.4) is 0 Å². The van der Waals surface area contributed by atoms with Crippen molar-refractivity contribution in [2.45, 2.75) is 32.6 Å². The van der Waals surface area contributed by atoms with Gasteiger partial charge < -0.3 is 4.74 Å². The summed E-state index contributed by atoms with van der Waals surface area (Å²) in [6.45, 7) is 3.31. The highest BCUT2D eigenvalue weighted by atomic mass is 16.5. The van der Waals surface area contributed by atoms with Crippen LogP contribution in [-0.4, -0.2) is 20.9 Å². The van der Waals surface area contributed by atoms with E-state index in [2.05, 4.69) is 16.2 Å². The predicted molar refractivity (Wildman–Crippen MR) is 93.6 cm³/mol. The van der Waals surface area contributed by atoms with Crippen molar-refractivity contribution in [3.05, 3.63) is 71.3 Å². The molecule has 0 N–H and O–H groups in total. The van der Waals surface area contributed by atoms with E-state index in [1.165, 1.54) is 5.69 Å². The van der Waals surface area contributed by atoms with Gasteiger partial charge in [-0.3, -0.25) is 9.67 Å². The second-order valence-electron chi connectivity index (χ2n) is 6.29. The zero-order valence-electron chi connectivity index (χ0n) is 14.0. The quantitative estimate of drug-likeness (QED) is 0.736. The summed E-state index contributed by atoms with van der Waals surface area (Å²) in [6, 6.07) is 13.8. The third kappa shape index (κ3) is 3.04. The fraction of sp³-hybridized carbons (Fsp3) is 0.250. The molecule has 1 aliphatic rings. The molecule has 3 heterocycles. The maximum Gasteiger partial charge on any atom is 0.0991 e. The van der Waals surface area contributed by atoms with Gasteiger partial charge in [-0.25, -0.2) is 0 Å². The molecule has 3 aromatic rings. The normalized spacial score (nSPS) is 15.8. The van der Waals surface area contributed by atoms with Crippen LogP contribution >= 0.6 is 0 Å². The molecule has 0 saturated heterocycles. The van der Waals surface area contributed by atoms with E-state index in [1.807, 2.05) is 54.2 Å². The van der Waals surface area contributed by atoms with Gasteiger partial charge in [0.25, 0.3) is 0 Å². The Morgan fingerprint density at radius 2 is 2.20 bits per heavy atom. The highest BCUT2D eigenvalue weighted by molar-refractivity contribution is 5.70. The lowest BCUT2D eigenvalue weighted by Crippen LogP contribution is -2.15. The minimum absolute atomic E-state index is 0.114. The van der Waals surface area contributed by atoms with Gasteiger partial charge in [0.2, 0.25) is 0 Å². The summed E-state index contributed by atoms with van der Waals surface area (Å²) in [5, 5.41) is 13.6. The third-order valence-corrected chi connectivity index (χ3v) is 4.59. The molecular weight excluding hydrogens is 312 g/mol. The zero-order chi connectivity index (χ0) is 17.2. The second-order valence-corrected chi connectivity index (χ2v) is 6.29. The largest absolute Gasteiger partial charge is 0.370 e. The number of ether oxygens (including phenoxy) is 1. The number of aryl methyl sites for hydroxylation is 1. The standard InChI is InChI=1S/C20H18N4O/c1-14-8-15(10-21)5-6-18(14)19-11-23-24-12-17(9-20(19)24)25-13-16-4-2-3-7-22-16/h2-8,11,17H,9,12-13H2,1H3/t17-/m1/s1. The van der Waals surface area contributed by atoms with Crippen molar-refractivity contribution >= 4 is 0 Å². The zero-order valence-corrected chi connectivity index (χ0v) is 14.0. The van der Waals surface area contributed by atoms with Crippen LogP contribution in [0.4, 0.5) is 0 Å². The van der Waals surface area contributed by atoms with Gasteiger partial charge in [-0.1, -0.05) is 12.1 Å². The molecule has 5 heteroatoms. The average molecular weight is 330 g/mol. The number of nitrogens with zero attached hydrogens (tertiary/aromatic N) is 4. The number of aromatic nitrogens is 3. The first kappa shape index (κ1) is 15.6. The lowest BCUT2D eigenvalue weighted by molar-refractivity contribution is 0.0385. The van der Waals surface area contributed by atoms with Crippen molar-refractivity contribution in [3.8, 4) is 17.2 Å². The van der Waals surface area contributed by atoms with Crippen molar-refractivity contribution in [1.29, 1.82) is 5.26 Å². The van der Waals surface area contributed by atoms with Gasteiger partial charge in [-0.05, 0) is 42.3 Å². The Kier molecular flexibility index (Phi) is 4.04. The first-order valence-corrected chi connectivity index (χ1v) is 8.32. The molecule has 0 radical (unpaired) electrons. The van der Waals surface area contributed by atoms with Crippen molar-refractivity contribution in [3.63, 3.8) is 0 Å². The SMILES string of the molecule is Cc1cc(C#N)ccc1-c1cnn2c1C[C@@H](OCc1ccccn1)C2. The van der Waals surface area contributed by atoms with Crippen LogP contribution in [0.15, 0.2) is 48.8 Å². The molecule has 0 spiro atoms. The van der Waals surface area contributed by atoms with Gasteiger partial charge in [0.05, 0.1) is 42.8 Å². The summed E-state index contributed by atoms with van der Waals surface area (Å²) in [5.41, 5.74) is 6.17. The van der Waals surface area contributed by atoms with E-state index in [4.69, 9.17) is 10.00 Å². The van der Waals surface area contributed by atoms with Crippen LogP contribution < -0.4 is 0 Å². The third-order valence-electron chi connectivity index (χ3n) is 4.59. The van der Waals surface area contributed by atoms with E-state index in [-0.39, 0.29) is 6.10 Å². The molecule has 5 nitrogen and oxygen atoms in total. The van der Waals surface area contributed by atoms with Gasteiger partial charge >= 0.3 is 0 Å². The molecule has 1 aromatic carbocycles. The smallest absolute Gasteiger partial charge is 0.0991 e. The minimum atomic E-state index is 0.114. The summed E-state index contributed by atoms with van der Waals surface area (Å²) >= 11 is 0. The van der Waals surface area contributed by atoms with E-state index in [0.29, 0.717) is 12.2 Å². The molecule has 1 aliphatic heterocycles. The lowest BCUT2D eigenvalue weighted by atomic mass is 9.98. The van der Waals surface area contributed by atoms with Crippen molar-refractivity contribution in [2.75, 3.05) is 0 Å². The Hall–Kier alpha value is -2.97. The lowest BCUT2D eigenvalue weighted by Gasteiger charge is -2.10. The maximum absolute atomic E-state index is 9.04. The Balaban J connectivity index is 1.51. The van der Waals surface area contributed by atoms with E-state index >= 15 is 0 Å². The van der Waals surface area contributed by atoms with Crippen LogP contribution in [0.25, 0.3) is 11.1 Å². The van der Waals surface area contributed by atoms with E-state index in [0.717, 1.165) is 35.3 Å². The van der Waals surface area contributed by atoms with Crippen LogP contribution in [0.1, 0.15) is 22.5 Å². The fourth-order valence-electron chi connectivity index (χ4n) is 3.32. The molecule has 2 aromatic heterocycles. The topological polar surface area (TPSA) is 63.7 Å². The highest BCUT2D eigenvalue weighted by Gasteiger charge is 2.26. The number of rotatable bonds is 4. The van der Waals surface area contributed by atoms with Crippen molar-refractivity contribution < 1.29 is 4.74 Å². The van der Waals surface area contributed by atoms with Crippen LogP contribution in [-0.2, 0) is 24.3 Å². The summed E-state index contributed by atoms with van der Waals surface area (Å²) in [4.78, 5) is 4.30. The highest BCUT2D eigenvalue weighted by Crippen LogP contribution is 2.31. The monoisotopic (exact) mass is 330 g/mol. The average Bonchev–Trinajstić information content (AvgIpc) is 3.21. The Labute approximate surface area is 146 Å². The molecule has 0 saturated carbocycles. The predicted octanol–water partition coefficient (Wildman–Crippen LogP) is 3.27. The van der Waals surface area contributed by atoms with Crippen LogP contribution in [0.5, 0.6) is 0 Å². The van der Waals surface area contributed by atoms with Gasteiger partial charge in [-0.2, -0.15) is 10.4 Å². The van der Waals surface area contributed by atoms with Gasteiger partial charge in [0.1, 0.15) is 0 Å². The van der Waals surface area contributed by atoms with Crippen LogP contribution in [0.2, 0.25) is 0 Å². The van der Waals surface area contributed by atoms with Gasteiger partial charge in [-0.15, -0.1) is 0 Å². The molecule has 0 bridgehead atoms. The molecule has 25 heavy (non-hydrogen) atoms. The summed E-state index contributed by atoms with van der Waals surface area (Å²) in [6.07, 6.45) is 4.65. The molecule has 124 valence electrons. The van der Waals surface area contributed by atoms with E-state index in [9.17, 15) is 0 Å². The fourth-order valence-corrected chi connectivity index (χ4v) is 3.32. The number of hydrogen-bond donors (Lipinski definition) is 0. The molecule has 0 fully saturated rings. The van der Waals surface area contributed by atoms with Crippen LogP contribution in [0, 0.1) is 18.3 Å². The van der Waals surface area contributed by atoms with E-state index < -0.39 is 0 Å². The second kappa shape index (κ2) is 6.50. The molecule has 0 aliphatic carbocycles. The van der Waals surface area contributed by atoms with Gasteiger partial charge in [0, 0.05) is 23.9 Å².